The molecule has 0 aromatic rings. The number of aliphatic imine (C=N–C) groups is 1. The first-order valence-corrected chi connectivity index (χ1v) is 11.1. The molecule has 7 unspecified atom stereocenters. The van der Waals surface area contributed by atoms with Crippen LogP contribution in [-0.2, 0) is 19.2 Å². The molecule has 4 aliphatic carbocycles. The summed E-state index contributed by atoms with van der Waals surface area (Å²) in [6.45, 7) is 2.78. The number of ether oxygens (including phenoxy) is 2. The van der Waals surface area contributed by atoms with Gasteiger partial charge in [0.2, 0.25) is 11.6 Å². The van der Waals surface area contributed by atoms with E-state index in [0.717, 1.165) is 43.4 Å². The van der Waals surface area contributed by atoms with Crippen molar-refractivity contribution in [1.82, 2.24) is 0 Å². The molecule has 9 heteroatoms. The fraction of sp³-hybridized carbons (Fsp3) is 0.895. The van der Waals surface area contributed by atoms with Gasteiger partial charge in [0.05, 0.1) is 6.61 Å². The molecule has 7 atom stereocenters. The quantitative estimate of drug-likeness (QED) is 0.190. The van der Waals surface area contributed by atoms with Gasteiger partial charge in [-0.25, -0.2) is 4.99 Å². The van der Waals surface area contributed by atoms with Crippen LogP contribution >= 0.6 is 9.24 Å². The molecular weight excluding hydrogens is 379 g/mol. The summed E-state index contributed by atoms with van der Waals surface area (Å²) in [6, 6.07) is 0.117. The highest BCUT2D eigenvalue weighted by molar-refractivity contribution is 7.37. The molecule has 0 amide bonds. The van der Waals surface area contributed by atoms with Gasteiger partial charge < -0.3 is 9.47 Å². The van der Waals surface area contributed by atoms with E-state index in [4.69, 9.17) is 24.8 Å². The average molecular weight is 408 g/mol. The van der Waals surface area contributed by atoms with Crippen molar-refractivity contribution in [2.24, 2.45) is 50.8 Å². The molecule has 0 aromatic carbocycles. The number of amidine groups is 1. The fourth-order valence-electron chi connectivity index (χ4n) is 6.41. The summed E-state index contributed by atoms with van der Waals surface area (Å²) in [4.78, 5) is 16.0. The van der Waals surface area contributed by atoms with Crippen molar-refractivity contribution in [3.05, 3.63) is 0 Å². The van der Waals surface area contributed by atoms with Crippen LogP contribution in [0.15, 0.2) is 15.3 Å². The summed E-state index contributed by atoms with van der Waals surface area (Å²) in [5.41, 5.74) is 6.83. The molecule has 0 bridgehead atoms. The minimum absolute atomic E-state index is 0.117. The molecule has 1 N–H and O–H groups in total. The Hall–Kier alpha value is -0.950. The van der Waals surface area contributed by atoms with Gasteiger partial charge >= 0.3 is 6.02 Å². The lowest BCUT2D eigenvalue weighted by atomic mass is 9.40. The second-order valence-corrected chi connectivity index (χ2v) is 9.53. The Kier molecular flexibility index (Phi) is 4.81. The highest BCUT2D eigenvalue weighted by Crippen LogP contribution is 2.70. The van der Waals surface area contributed by atoms with Gasteiger partial charge in [-0.2, -0.15) is 15.3 Å². The van der Waals surface area contributed by atoms with Crippen molar-refractivity contribution < 1.29 is 19.2 Å². The molecule has 28 heavy (non-hydrogen) atoms. The van der Waals surface area contributed by atoms with Crippen molar-refractivity contribution in [2.75, 3.05) is 6.61 Å². The summed E-state index contributed by atoms with van der Waals surface area (Å²) < 4.78 is 12.3. The standard InChI is InChI=1S/C19H29N4O4P/c1-11-6-13-7-14-8-15(16(13)14)19(11)25-18(26-27-19)4-2-12(3-5-18)9-24-17(21-10-28)22-23-20/h10-16,20H,2-9,28H2,1H3/b21-10?,22-17+,23-20?. The van der Waals surface area contributed by atoms with E-state index in [0.29, 0.717) is 24.4 Å². The molecule has 8 nitrogen and oxygen atoms in total. The van der Waals surface area contributed by atoms with Gasteiger partial charge in [0.15, 0.2) is 0 Å². The summed E-state index contributed by atoms with van der Waals surface area (Å²) in [6.07, 6.45) is 7.33. The summed E-state index contributed by atoms with van der Waals surface area (Å²) in [5.74, 6) is 4.25. The molecule has 4 saturated carbocycles. The minimum atomic E-state index is -0.599. The predicted octanol–water partition coefficient (Wildman–Crippen LogP) is 4.08. The third-order valence-electron chi connectivity index (χ3n) is 7.88. The van der Waals surface area contributed by atoms with E-state index in [2.05, 4.69) is 31.5 Å². The van der Waals surface area contributed by atoms with Crippen LogP contribution in [0.1, 0.15) is 51.9 Å². The SMILES string of the molecule is CC1CC2CC3CC(C23)C12OOC1(CCC(CO/C(N=CP)=N/N=N)CC1)O2. The molecule has 1 heterocycles. The van der Waals surface area contributed by atoms with Crippen LogP contribution in [0.5, 0.6) is 0 Å². The predicted molar refractivity (Wildman–Crippen MR) is 104 cm³/mol. The third-order valence-corrected chi connectivity index (χ3v) is 8.03. The maximum atomic E-state index is 6.83. The zero-order chi connectivity index (χ0) is 19.4. The molecule has 5 aliphatic rings. The molecular formula is C19H29N4O4P. The number of rotatable bonds is 3. The molecule has 5 fully saturated rings. The molecule has 5 rings (SSSR count). The molecule has 1 saturated heterocycles. The average Bonchev–Trinajstić information content (AvgIpc) is 3.03. The van der Waals surface area contributed by atoms with Gasteiger partial charge in [0, 0.05) is 30.6 Å². The number of hydrogen-bond donors (Lipinski definition) is 1. The Balaban J connectivity index is 1.18. The lowest BCUT2D eigenvalue weighted by Crippen LogP contribution is -2.67. The van der Waals surface area contributed by atoms with E-state index < -0.39 is 11.6 Å². The second kappa shape index (κ2) is 7.08. The van der Waals surface area contributed by atoms with Crippen molar-refractivity contribution in [3.63, 3.8) is 0 Å². The van der Waals surface area contributed by atoms with Gasteiger partial charge in [-0.3, -0.25) is 0 Å². The number of fused-ring (bicyclic) bond motifs is 1. The number of nitrogens with zero attached hydrogens (tertiary/aromatic N) is 3. The molecule has 0 aromatic heterocycles. The van der Waals surface area contributed by atoms with Crippen molar-refractivity contribution >= 4 is 21.2 Å². The van der Waals surface area contributed by atoms with E-state index in [1.165, 1.54) is 25.2 Å². The normalized spacial score (nSPS) is 49.7. The van der Waals surface area contributed by atoms with Gasteiger partial charge in [0.1, 0.15) is 0 Å². The van der Waals surface area contributed by atoms with Crippen LogP contribution in [0.4, 0.5) is 0 Å². The largest absolute Gasteiger partial charge is 0.462 e. The molecule has 1 aliphatic heterocycles. The van der Waals surface area contributed by atoms with Crippen LogP contribution in [0.3, 0.4) is 0 Å². The second-order valence-electron chi connectivity index (χ2n) is 9.23. The van der Waals surface area contributed by atoms with E-state index in [-0.39, 0.29) is 6.02 Å². The summed E-state index contributed by atoms with van der Waals surface area (Å²) in [5, 5.41) is 6.56. The maximum absolute atomic E-state index is 6.83. The van der Waals surface area contributed by atoms with Crippen LogP contribution in [0.2, 0.25) is 0 Å². The monoisotopic (exact) mass is 408 g/mol. The zero-order valence-corrected chi connectivity index (χ0v) is 17.4. The molecule has 2 spiro atoms. The van der Waals surface area contributed by atoms with Crippen LogP contribution in [0, 0.1) is 41.0 Å². The number of nitrogens with one attached hydrogen (secondary N) is 1. The number of hydrogen-bond acceptors (Lipinski definition) is 6. The molecule has 154 valence electrons. The van der Waals surface area contributed by atoms with E-state index in [1.807, 2.05) is 0 Å². The van der Waals surface area contributed by atoms with Gasteiger partial charge in [0.25, 0.3) is 0 Å². The van der Waals surface area contributed by atoms with Crippen LogP contribution < -0.4 is 0 Å². The third kappa shape index (κ3) is 2.87. The first-order chi connectivity index (χ1) is 13.6. The van der Waals surface area contributed by atoms with Crippen LogP contribution in [0.25, 0.3) is 0 Å². The lowest BCUT2D eigenvalue weighted by Gasteiger charge is -2.67. The Bertz CT molecular complexity index is 695. The molecule has 0 radical (unpaired) electrons. The topological polar surface area (TPSA) is 97.9 Å². The van der Waals surface area contributed by atoms with E-state index in [1.54, 1.807) is 0 Å². The Morgan fingerprint density at radius 1 is 1.21 bits per heavy atom. The first kappa shape index (κ1) is 19.0. The fourth-order valence-corrected chi connectivity index (χ4v) is 6.53. The summed E-state index contributed by atoms with van der Waals surface area (Å²) >= 11 is 0. The van der Waals surface area contributed by atoms with Gasteiger partial charge in [-0.1, -0.05) is 21.3 Å². The minimum Gasteiger partial charge on any atom is -0.462 e. The van der Waals surface area contributed by atoms with Crippen LogP contribution in [-0.4, -0.2) is 30.2 Å². The summed E-state index contributed by atoms with van der Waals surface area (Å²) in [7, 11) is 2.36. The van der Waals surface area contributed by atoms with E-state index in [9.17, 15) is 0 Å². The Morgan fingerprint density at radius 2 is 2.00 bits per heavy atom. The lowest BCUT2D eigenvalue weighted by molar-refractivity contribution is -0.404. The first-order valence-electron chi connectivity index (χ1n) is 10.5. The van der Waals surface area contributed by atoms with Crippen molar-refractivity contribution in [2.45, 2.75) is 63.4 Å². The highest BCUT2D eigenvalue weighted by atomic mass is 31.0. The van der Waals surface area contributed by atoms with E-state index >= 15 is 0 Å². The highest BCUT2D eigenvalue weighted by Gasteiger charge is 2.71. The Labute approximate surface area is 167 Å². The van der Waals surface area contributed by atoms with Gasteiger partial charge in [-0.15, -0.1) is 0 Å². The van der Waals surface area contributed by atoms with Gasteiger partial charge in [-0.05, 0) is 61.0 Å². The zero-order valence-electron chi connectivity index (χ0n) is 16.3. The Morgan fingerprint density at radius 3 is 2.71 bits per heavy atom. The smallest absolute Gasteiger partial charge is 0.337 e. The van der Waals surface area contributed by atoms with Crippen molar-refractivity contribution in [3.8, 4) is 0 Å². The van der Waals surface area contributed by atoms with Crippen molar-refractivity contribution in [1.29, 1.82) is 5.53 Å². The maximum Gasteiger partial charge on any atom is 0.337 e.